The fourth-order valence-corrected chi connectivity index (χ4v) is 4.31. The van der Waals surface area contributed by atoms with E-state index < -0.39 is 0 Å². The van der Waals surface area contributed by atoms with Crippen molar-refractivity contribution in [3.05, 3.63) is 23.1 Å². The van der Waals surface area contributed by atoms with E-state index in [-0.39, 0.29) is 0 Å². The van der Waals surface area contributed by atoms with E-state index in [2.05, 4.69) is 35.2 Å². The Kier molecular flexibility index (Phi) is 2.98. The van der Waals surface area contributed by atoms with Crippen molar-refractivity contribution >= 4 is 27.5 Å². The van der Waals surface area contributed by atoms with E-state index in [0.717, 1.165) is 29.2 Å². The largest absolute Gasteiger partial charge is 0.342 e. The Morgan fingerprint density at radius 1 is 1.05 bits per heavy atom. The molecule has 2 fully saturated rings. The maximum absolute atomic E-state index is 4.62. The summed E-state index contributed by atoms with van der Waals surface area (Å²) < 4.78 is 3.05. The number of nitrogens with zero attached hydrogens (tertiary/aromatic N) is 4. The molecule has 1 spiro atoms. The third-order valence-electron chi connectivity index (χ3n) is 5.13. The molecule has 0 radical (unpaired) electrons. The molecule has 5 heteroatoms. The zero-order valence-electron chi connectivity index (χ0n) is 11.6. The predicted molar refractivity (Wildman–Crippen MR) is 83.0 cm³/mol. The van der Waals surface area contributed by atoms with Gasteiger partial charge in [0.05, 0.1) is 4.47 Å². The van der Waals surface area contributed by atoms with Crippen LogP contribution in [0.3, 0.4) is 0 Å². The number of fused-ring (bicyclic) bond motifs is 1. The Morgan fingerprint density at radius 3 is 2.55 bits per heavy atom. The Balaban J connectivity index is 1.61. The molecule has 20 heavy (non-hydrogen) atoms. The fourth-order valence-electron chi connectivity index (χ4n) is 3.92. The zero-order chi connectivity index (χ0) is 13.6. The van der Waals surface area contributed by atoms with Gasteiger partial charge in [-0.3, -0.25) is 4.40 Å². The molecule has 1 aliphatic carbocycles. The van der Waals surface area contributed by atoms with Gasteiger partial charge in [0, 0.05) is 31.7 Å². The highest BCUT2D eigenvalue weighted by molar-refractivity contribution is 9.10. The minimum Gasteiger partial charge on any atom is -0.342 e. The lowest BCUT2D eigenvalue weighted by Crippen LogP contribution is -2.40. The molecular weight excluding hydrogens is 316 g/mol. The number of halogens is 1. The topological polar surface area (TPSA) is 33.4 Å². The molecule has 0 bridgehead atoms. The second-order valence-electron chi connectivity index (χ2n) is 6.22. The molecule has 0 unspecified atom stereocenters. The first-order valence-corrected chi connectivity index (χ1v) is 8.29. The van der Waals surface area contributed by atoms with Gasteiger partial charge < -0.3 is 4.90 Å². The van der Waals surface area contributed by atoms with Crippen LogP contribution in [0, 0.1) is 5.41 Å². The van der Waals surface area contributed by atoms with Gasteiger partial charge in [0.25, 0.3) is 0 Å². The van der Waals surface area contributed by atoms with Gasteiger partial charge in [-0.2, -0.15) is 0 Å². The highest BCUT2D eigenvalue weighted by Crippen LogP contribution is 2.46. The minimum atomic E-state index is 0.653. The number of aromatic nitrogens is 3. The molecule has 2 aromatic heterocycles. The number of hydrogen-bond donors (Lipinski definition) is 0. The van der Waals surface area contributed by atoms with E-state index in [1.54, 1.807) is 0 Å². The lowest BCUT2D eigenvalue weighted by atomic mass is 9.77. The van der Waals surface area contributed by atoms with Crippen LogP contribution in [0.25, 0.3) is 5.65 Å². The summed E-state index contributed by atoms with van der Waals surface area (Å²) in [6, 6.07) is 0. The lowest BCUT2D eigenvalue weighted by Gasteiger charge is -2.39. The van der Waals surface area contributed by atoms with Crippen molar-refractivity contribution in [1.82, 2.24) is 14.4 Å². The van der Waals surface area contributed by atoms with Crippen molar-refractivity contribution in [3.63, 3.8) is 0 Å². The monoisotopic (exact) mass is 334 g/mol. The molecular formula is C15H19BrN4. The van der Waals surface area contributed by atoms with E-state index in [9.17, 15) is 0 Å². The van der Waals surface area contributed by atoms with Gasteiger partial charge >= 0.3 is 0 Å². The number of hydrogen-bond acceptors (Lipinski definition) is 3. The quantitative estimate of drug-likeness (QED) is 0.798. The summed E-state index contributed by atoms with van der Waals surface area (Å²) in [6.07, 6.45) is 14.1. The minimum absolute atomic E-state index is 0.653. The molecule has 1 aliphatic heterocycles. The first-order chi connectivity index (χ1) is 9.77. The van der Waals surface area contributed by atoms with Gasteiger partial charge in [0.2, 0.25) is 5.95 Å². The van der Waals surface area contributed by atoms with Crippen LogP contribution >= 0.6 is 15.9 Å². The van der Waals surface area contributed by atoms with Crippen molar-refractivity contribution in [3.8, 4) is 0 Å². The van der Waals surface area contributed by atoms with Crippen molar-refractivity contribution in [2.24, 2.45) is 5.41 Å². The van der Waals surface area contributed by atoms with Gasteiger partial charge in [-0.1, -0.05) is 12.8 Å². The molecule has 4 nitrogen and oxygen atoms in total. The molecule has 0 atom stereocenters. The summed E-state index contributed by atoms with van der Waals surface area (Å²) in [5, 5.41) is 0. The highest BCUT2D eigenvalue weighted by atomic mass is 79.9. The summed E-state index contributed by atoms with van der Waals surface area (Å²) in [5.74, 6) is 1.04. The van der Waals surface area contributed by atoms with E-state index in [0.29, 0.717) is 5.41 Å². The van der Waals surface area contributed by atoms with E-state index in [4.69, 9.17) is 0 Å². The van der Waals surface area contributed by atoms with Gasteiger partial charge in [-0.15, -0.1) is 0 Å². The Hall–Kier alpha value is -1.10. The highest BCUT2D eigenvalue weighted by Gasteiger charge is 2.37. The smallest absolute Gasteiger partial charge is 0.211 e. The van der Waals surface area contributed by atoms with Crippen LogP contribution in [0.4, 0.5) is 5.95 Å². The molecule has 1 saturated heterocycles. The maximum Gasteiger partial charge on any atom is 0.211 e. The standard InChI is InChI=1S/C15H19BrN4/c16-12-11-18-14(20-10-7-17-13(12)20)19-8-5-15(6-9-19)3-1-2-4-15/h7,10-11H,1-6,8-9H2. The van der Waals surface area contributed by atoms with E-state index >= 15 is 0 Å². The average molecular weight is 335 g/mol. The number of imidazole rings is 1. The molecule has 0 aromatic carbocycles. The number of piperidine rings is 1. The Morgan fingerprint density at radius 2 is 1.80 bits per heavy atom. The summed E-state index contributed by atoms with van der Waals surface area (Å²) >= 11 is 3.52. The Bertz CT molecular complexity index is 620. The van der Waals surface area contributed by atoms with Crippen LogP contribution in [0.15, 0.2) is 23.1 Å². The van der Waals surface area contributed by atoms with Gasteiger partial charge in [0.15, 0.2) is 5.65 Å². The van der Waals surface area contributed by atoms with Gasteiger partial charge in [-0.05, 0) is 47.0 Å². The summed E-state index contributed by atoms with van der Waals surface area (Å²) in [5.41, 5.74) is 1.61. The summed E-state index contributed by atoms with van der Waals surface area (Å²) in [4.78, 5) is 11.4. The molecule has 106 valence electrons. The molecule has 0 amide bonds. The predicted octanol–water partition coefficient (Wildman–Crippen LogP) is 3.65. The third-order valence-corrected chi connectivity index (χ3v) is 5.69. The zero-order valence-corrected chi connectivity index (χ0v) is 13.1. The first kappa shape index (κ1) is 12.6. The third kappa shape index (κ3) is 1.94. The van der Waals surface area contributed by atoms with Crippen molar-refractivity contribution in [1.29, 1.82) is 0 Å². The van der Waals surface area contributed by atoms with Crippen LogP contribution in [0.5, 0.6) is 0 Å². The van der Waals surface area contributed by atoms with Gasteiger partial charge in [-0.25, -0.2) is 9.97 Å². The van der Waals surface area contributed by atoms with E-state index in [1.165, 1.54) is 38.5 Å². The second-order valence-corrected chi connectivity index (χ2v) is 7.08. The maximum atomic E-state index is 4.62. The molecule has 0 N–H and O–H groups in total. The van der Waals surface area contributed by atoms with Crippen molar-refractivity contribution in [2.75, 3.05) is 18.0 Å². The molecule has 4 rings (SSSR count). The summed E-state index contributed by atoms with van der Waals surface area (Å²) in [6.45, 7) is 2.25. The SMILES string of the molecule is Brc1cnc(N2CCC3(CCCC3)CC2)n2ccnc12. The average Bonchev–Trinajstić information content (AvgIpc) is 3.11. The van der Waals surface area contributed by atoms with Crippen LogP contribution in [-0.2, 0) is 0 Å². The van der Waals surface area contributed by atoms with Crippen LogP contribution in [-0.4, -0.2) is 27.5 Å². The van der Waals surface area contributed by atoms with Crippen molar-refractivity contribution in [2.45, 2.75) is 38.5 Å². The molecule has 2 aliphatic rings. The molecule has 3 heterocycles. The van der Waals surface area contributed by atoms with E-state index in [1.807, 2.05) is 18.6 Å². The van der Waals surface area contributed by atoms with Crippen LogP contribution in [0.1, 0.15) is 38.5 Å². The fraction of sp³-hybridized carbons (Fsp3) is 0.600. The molecule has 2 aromatic rings. The first-order valence-electron chi connectivity index (χ1n) is 7.50. The second kappa shape index (κ2) is 4.72. The van der Waals surface area contributed by atoms with Crippen molar-refractivity contribution < 1.29 is 0 Å². The normalized spacial score (nSPS) is 21.9. The van der Waals surface area contributed by atoms with Crippen LogP contribution in [0.2, 0.25) is 0 Å². The van der Waals surface area contributed by atoms with Gasteiger partial charge in [0.1, 0.15) is 0 Å². The lowest BCUT2D eigenvalue weighted by molar-refractivity contribution is 0.225. The molecule has 1 saturated carbocycles. The Labute approximate surface area is 127 Å². The number of anilines is 1. The summed E-state index contributed by atoms with van der Waals surface area (Å²) in [7, 11) is 0. The number of rotatable bonds is 1. The van der Waals surface area contributed by atoms with Crippen LogP contribution < -0.4 is 4.90 Å².